The molecule has 0 heterocycles. The number of carbonyl (C=O) groups excluding carboxylic acids is 1. The number of thioether (sulfide) groups is 1. The summed E-state index contributed by atoms with van der Waals surface area (Å²) in [5.41, 5.74) is 4.16. The van der Waals surface area contributed by atoms with E-state index in [0.717, 1.165) is 35.5 Å². The molecule has 150 valence electrons. The molecule has 0 aliphatic heterocycles. The highest BCUT2D eigenvalue weighted by atomic mass is 32.2. The lowest BCUT2D eigenvalue weighted by atomic mass is 10.1. The van der Waals surface area contributed by atoms with E-state index < -0.39 is 0 Å². The molecule has 3 aromatic rings. The van der Waals surface area contributed by atoms with E-state index in [1.165, 1.54) is 5.56 Å². The number of esters is 1. The minimum Gasteiger partial charge on any atom is -0.489 e. The number of carbonyl (C=O) groups is 1. The van der Waals surface area contributed by atoms with Crippen molar-refractivity contribution in [2.75, 3.05) is 12.9 Å². The number of aryl methyl sites for hydroxylation is 1. The van der Waals surface area contributed by atoms with Crippen LogP contribution in [-0.2, 0) is 23.5 Å². The van der Waals surface area contributed by atoms with Gasteiger partial charge in [-0.25, -0.2) is 4.79 Å². The van der Waals surface area contributed by atoms with Gasteiger partial charge in [0.2, 0.25) is 0 Å². The van der Waals surface area contributed by atoms with Crippen LogP contribution in [0.4, 0.5) is 0 Å². The standard InChI is InChI=1S/C25H26O3S/c1-29-19-21-14-15-24(28-18-20-9-4-2-5-10-20)23(17-21)13-8-16-27-25(26)22-11-6-3-7-12-22/h2-7,9-12,14-15,17H,8,13,16,18-19H2,1H3. The second-order valence-corrected chi connectivity index (χ2v) is 7.62. The van der Waals surface area contributed by atoms with Crippen molar-refractivity contribution in [1.29, 1.82) is 0 Å². The molecule has 4 heteroatoms. The second-order valence-electron chi connectivity index (χ2n) is 6.75. The van der Waals surface area contributed by atoms with Crippen LogP contribution in [-0.4, -0.2) is 18.8 Å². The molecule has 0 unspecified atom stereocenters. The summed E-state index contributed by atoms with van der Waals surface area (Å²) in [6.45, 7) is 0.928. The van der Waals surface area contributed by atoms with Crippen LogP contribution in [0.15, 0.2) is 78.9 Å². The van der Waals surface area contributed by atoms with Gasteiger partial charge in [0, 0.05) is 5.75 Å². The highest BCUT2D eigenvalue weighted by Crippen LogP contribution is 2.25. The quantitative estimate of drug-likeness (QED) is 0.309. The van der Waals surface area contributed by atoms with Gasteiger partial charge in [-0.2, -0.15) is 11.8 Å². The van der Waals surface area contributed by atoms with E-state index in [4.69, 9.17) is 9.47 Å². The summed E-state index contributed by atoms with van der Waals surface area (Å²) in [6.07, 6.45) is 3.65. The SMILES string of the molecule is CSCc1ccc(OCc2ccccc2)c(CCCOC(=O)c2ccccc2)c1. The Labute approximate surface area is 177 Å². The molecule has 29 heavy (non-hydrogen) atoms. The zero-order valence-corrected chi connectivity index (χ0v) is 17.5. The maximum absolute atomic E-state index is 12.1. The Kier molecular flexibility index (Phi) is 8.20. The van der Waals surface area contributed by atoms with Gasteiger partial charge in [0.15, 0.2) is 0 Å². The monoisotopic (exact) mass is 406 g/mol. The lowest BCUT2D eigenvalue weighted by molar-refractivity contribution is 0.0500. The van der Waals surface area contributed by atoms with Crippen LogP contribution in [0.1, 0.15) is 33.5 Å². The van der Waals surface area contributed by atoms with Gasteiger partial charge < -0.3 is 9.47 Å². The van der Waals surface area contributed by atoms with E-state index in [9.17, 15) is 4.79 Å². The Bertz CT molecular complexity index is 894. The smallest absolute Gasteiger partial charge is 0.338 e. The zero-order valence-electron chi connectivity index (χ0n) is 16.7. The Morgan fingerprint density at radius 2 is 1.62 bits per heavy atom. The fourth-order valence-corrected chi connectivity index (χ4v) is 3.56. The molecule has 0 spiro atoms. The Hall–Kier alpha value is -2.72. The van der Waals surface area contributed by atoms with Crippen molar-refractivity contribution in [3.8, 4) is 5.75 Å². The predicted molar refractivity (Wildman–Crippen MR) is 119 cm³/mol. The Morgan fingerprint density at radius 3 is 2.34 bits per heavy atom. The number of ether oxygens (including phenoxy) is 2. The zero-order chi connectivity index (χ0) is 20.3. The highest BCUT2D eigenvalue weighted by Gasteiger charge is 2.09. The fraction of sp³-hybridized carbons (Fsp3) is 0.240. The lowest BCUT2D eigenvalue weighted by Crippen LogP contribution is -2.07. The van der Waals surface area contributed by atoms with Crippen LogP contribution in [0.2, 0.25) is 0 Å². The molecule has 0 aliphatic carbocycles. The number of hydrogen-bond donors (Lipinski definition) is 0. The van der Waals surface area contributed by atoms with Crippen molar-refractivity contribution in [2.24, 2.45) is 0 Å². The molecule has 0 fully saturated rings. The molecule has 0 saturated carbocycles. The van der Waals surface area contributed by atoms with Gasteiger partial charge in [-0.05, 0) is 54.0 Å². The van der Waals surface area contributed by atoms with E-state index in [1.54, 1.807) is 23.9 Å². The molecule has 0 amide bonds. The van der Waals surface area contributed by atoms with Gasteiger partial charge in [0.25, 0.3) is 0 Å². The molecule has 0 N–H and O–H groups in total. The van der Waals surface area contributed by atoms with Crippen molar-refractivity contribution < 1.29 is 14.3 Å². The molecule has 0 saturated heterocycles. The summed E-state index contributed by atoms with van der Waals surface area (Å²) in [5.74, 6) is 1.59. The van der Waals surface area contributed by atoms with Gasteiger partial charge in [-0.3, -0.25) is 0 Å². The van der Waals surface area contributed by atoms with Crippen molar-refractivity contribution in [3.05, 3.63) is 101 Å². The summed E-state index contributed by atoms with van der Waals surface area (Å²) in [5, 5.41) is 0. The molecule has 0 radical (unpaired) electrons. The van der Waals surface area contributed by atoms with Crippen molar-refractivity contribution in [1.82, 2.24) is 0 Å². The van der Waals surface area contributed by atoms with Crippen molar-refractivity contribution >= 4 is 17.7 Å². The van der Waals surface area contributed by atoms with Crippen LogP contribution in [0.3, 0.4) is 0 Å². The number of rotatable bonds is 10. The van der Waals surface area contributed by atoms with Gasteiger partial charge >= 0.3 is 5.97 Å². The van der Waals surface area contributed by atoms with Gasteiger partial charge in [-0.15, -0.1) is 0 Å². The lowest BCUT2D eigenvalue weighted by Gasteiger charge is -2.14. The molecule has 0 bridgehead atoms. The molecule has 0 atom stereocenters. The molecular weight excluding hydrogens is 380 g/mol. The first-order valence-electron chi connectivity index (χ1n) is 9.76. The average molecular weight is 407 g/mol. The topological polar surface area (TPSA) is 35.5 Å². The van der Waals surface area contributed by atoms with Crippen LogP contribution >= 0.6 is 11.8 Å². The number of hydrogen-bond acceptors (Lipinski definition) is 4. The van der Waals surface area contributed by atoms with Crippen LogP contribution in [0, 0.1) is 0 Å². The molecule has 3 aromatic carbocycles. The molecular formula is C25H26O3S. The minimum atomic E-state index is -0.276. The highest BCUT2D eigenvalue weighted by molar-refractivity contribution is 7.97. The molecule has 3 rings (SSSR count). The Balaban J connectivity index is 1.58. The maximum atomic E-state index is 12.1. The van der Waals surface area contributed by atoms with Crippen LogP contribution in [0.25, 0.3) is 0 Å². The largest absolute Gasteiger partial charge is 0.489 e. The predicted octanol–water partition coefficient (Wildman–Crippen LogP) is 5.92. The van der Waals surface area contributed by atoms with E-state index in [2.05, 4.69) is 36.6 Å². The van der Waals surface area contributed by atoms with E-state index in [1.807, 2.05) is 36.4 Å². The minimum absolute atomic E-state index is 0.276. The summed E-state index contributed by atoms with van der Waals surface area (Å²) < 4.78 is 11.5. The Morgan fingerprint density at radius 1 is 0.897 bits per heavy atom. The fourth-order valence-electron chi connectivity index (χ4n) is 3.05. The van der Waals surface area contributed by atoms with Crippen molar-refractivity contribution in [3.63, 3.8) is 0 Å². The van der Waals surface area contributed by atoms with E-state index in [-0.39, 0.29) is 5.97 Å². The third-order valence-corrected chi connectivity index (χ3v) is 5.13. The first kappa shape index (κ1) is 21.0. The molecule has 0 aromatic heterocycles. The third kappa shape index (κ3) is 6.68. The summed E-state index contributed by atoms with van der Waals surface area (Å²) in [6, 6.07) is 25.6. The first-order valence-corrected chi connectivity index (χ1v) is 11.2. The van der Waals surface area contributed by atoms with E-state index >= 15 is 0 Å². The maximum Gasteiger partial charge on any atom is 0.338 e. The first-order chi connectivity index (χ1) is 14.3. The third-order valence-electron chi connectivity index (χ3n) is 4.51. The molecule has 3 nitrogen and oxygen atoms in total. The normalized spacial score (nSPS) is 10.5. The van der Waals surface area contributed by atoms with Gasteiger partial charge in [-0.1, -0.05) is 60.7 Å². The van der Waals surface area contributed by atoms with Gasteiger partial charge in [0.1, 0.15) is 12.4 Å². The van der Waals surface area contributed by atoms with Crippen LogP contribution in [0.5, 0.6) is 5.75 Å². The van der Waals surface area contributed by atoms with E-state index in [0.29, 0.717) is 18.8 Å². The average Bonchev–Trinajstić information content (AvgIpc) is 2.77. The van der Waals surface area contributed by atoms with Gasteiger partial charge in [0.05, 0.1) is 12.2 Å². The molecule has 0 aliphatic rings. The second kappa shape index (κ2) is 11.3. The van der Waals surface area contributed by atoms with Crippen LogP contribution < -0.4 is 4.74 Å². The van der Waals surface area contributed by atoms with Crippen molar-refractivity contribution in [2.45, 2.75) is 25.2 Å². The summed E-state index contributed by atoms with van der Waals surface area (Å²) in [4.78, 5) is 12.1. The summed E-state index contributed by atoms with van der Waals surface area (Å²) >= 11 is 1.80. The summed E-state index contributed by atoms with van der Waals surface area (Å²) in [7, 11) is 0. The number of benzene rings is 3.